The highest BCUT2D eigenvalue weighted by Crippen LogP contribution is 2.27. The number of hydrogen-bond acceptors (Lipinski definition) is 2. The zero-order valence-corrected chi connectivity index (χ0v) is 15.0. The van der Waals surface area contributed by atoms with E-state index >= 15 is 0 Å². The van der Waals surface area contributed by atoms with Crippen LogP contribution in [0.2, 0.25) is 0 Å². The molecule has 1 aliphatic heterocycles. The summed E-state index contributed by atoms with van der Waals surface area (Å²) in [6.45, 7) is 0. The lowest BCUT2D eigenvalue weighted by atomic mass is 10.0. The molecule has 0 radical (unpaired) electrons. The first-order chi connectivity index (χ1) is 13.3. The predicted molar refractivity (Wildman–Crippen MR) is 110 cm³/mol. The first-order valence-electron chi connectivity index (χ1n) is 9.09. The van der Waals surface area contributed by atoms with E-state index in [1.54, 1.807) is 5.01 Å². The molecule has 3 aromatic rings. The molecular formula is C24H20N2O. The number of hydrogen-bond donors (Lipinski definition) is 0. The highest BCUT2D eigenvalue weighted by Gasteiger charge is 2.25. The number of carbonyl (C=O) groups is 1. The van der Waals surface area contributed by atoms with Gasteiger partial charge < -0.3 is 0 Å². The Morgan fingerprint density at radius 1 is 0.778 bits per heavy atom. The molecule has 3 aromatic carbocycles. The molecule has 4 rings (SSSR count). The van der Waals surface area contributed by atoms with E-state index in [4.69, 9.17) is 5.10 Å². The van der Waals surface area contributed by atoms with Gasteiger partial charge in [0.2, 0.25) is 5.91 Å². The smallest absolute Gasteiger partial charge is 0.247 e. The Balaban J connectivity index is 1.81. The first kappa shape index (κ1) is 17.0. The summed E-state index contributed by atoms with van der Waals surface area (Å²) < 4.78 is 0. The molecule has 3 heteroatoms. The van der Waals surface area contributed by atoms with Gasteiger partial charge in [-0.15, -0.1) is 0 Å². The molecule has 0 saturated heterocycles. The maximum atomic E-state index is 12.8. The Kier molecular flexibility index (Phi) is 4.93. The van der Waals surface area contributed by atoms with Gasteiger partial charge in [-0.05, 0) is 17.2 Å². The van der Waals surface area contributed by atoms with Gasteiger partial charge in [-0.2, -0.15) is 10.1 Å². The normalized spacial score (nSPS) is 14.8. The van der Waals surface area contributed by atoms with E-state index in [1.165, 1.54) is 0 Å². The van der Waals surface area contributed by atoms with Crippen LogP contribution in [-0.4, -0.2) is 16.6 Å². The molecule has 1 amide bonds. The van der Waals surface area contributed by atoms with Crippen LogP contribution in [0.15, 0.2) is 96.1 Å². The standard InChI is InChI=1S/C24H20N2O/c27-24-17-16-22(20-12-6-2-7-13-20)25-26(24)23(21-14-8-3-9-15-21)18-19-10-4-1-5-11-19/h1-15,18H,16-17H2/b23-18+. The molecule has 3 nitrogen and oxygen atoms in total. The van der Waals surface area contributed by atoms with Crippen molar-refractivity contribution in [3.8, 4) is 0 Å². The molecule has 132 valence electrons. The van der Waals surface area contributed by atoms with Crippen molar-refractivity contribution in [3.05, 3.63) is 108 Å². The molecule has 1 aliphatic rings. The monoisotopic (exact) mass is 352 g/mol. The van der Waals surface area contributed by atoms with Crippen molar-refractivity contribution in [2.75, 3.05) is 0 Å². The van der Waals surface area contributed by atoms with Gasteiger partial charge in [-0.1, -0.05) is 91.0 Å². The van der Waals surface area contributed by atoms with E-state index in [0.29, 0.717) is 12.8 Å². The molecule has 0 N–H and O–H groups in total. The lowest BCUT2D eigenvalue weighted by molar-refractivity contribution is -0.128. The fourth-order valence-electron chi connectivity index (χ4n) is 3.16. The third-order valence-electron chi connectivity index (χ3n) is 4.54. The Morgan fingerprint density at radius 3 is 2.04 bits per heavy atom. The van der Waals surface area contributed by atoms with Crippen LogP contribution in [-0.2, 0) is 4.79 Å². The number of carbonyl (C=O) groups excluding carboxylic acids is 1. The van der Waals surface area contributed by atoms with E-state index in [0.717, 1.165) is 28.1 Å². The van der Waals surface area contributed by atoms with Gasteiger partial charge in [0.05, 0.1) is 11.4 Å². The van der Waals surface area contributed by atoms with E-state index in [1.807, 2.05) is 97.1 Å². The van der Waals surface area contributed by atoms with Crippen LogP contribution >= 0.6 is 0 Å². The van der Waals surface area contributed by atoms with Crippen molar-refractivity contribution in [2.45, 2.75) is 12.8 Å². The van der Waals surface area contributed by atoms with Crippen LogP contribution in [0.5, 0.6) is 0 Å². The minimum atomic E-state index is 0.0146. The van der Waals surface area contributed by atoms with Crippen LogP contribution in [0.1, 0.15) is 29.5 Å². The zero-order valence-electron chi connectivity index (χ0n) is 15.0. The average Bonchev–Trinajstić information content (AvgIpc) is 2.75. The van der Waals surface area contributed by atoms with Crippen molar-refractivity contribution in [1.29, 1.82) is 0 Å². The molecule has 0 bridgehead atoms. The van der Waals surface area contributed by atoms with Gasteiger partial charge in [0.1, 0.15) is 0 Å². The largest absolute Gasteiger partial charge is 0.273 e. The van der Waals surface area contributed by atoms with Crippen molar-refractivity contribution >= 4 is 23.4 Å². The minimum Gasteiger partial charge on any atom is -0.273 e. The van der Waals surface area contributed by atoms with Crippen molar-refractivity contribution in [1.82, 2.24) is 5.01 Å². The second kappa shape index (κ2) is 7.83. The molecule has 0 fully saturated rings. The van der Waals surface area contributed by atoms with E-state index in [9.17, 15) is 4.79 Å². The Hall–Kier alpha value is -3.46. The second-order valence-corrected chi connectivity index (χ2v) is 6.42. The van der Waals surface area contributed by atoms with E-state index < -0.39 is 0 Å². The van der Waals surface area contributed by atoms with Gasteiger partial charge >= 0.3 is 0 Å². The maximum absolute atomic E-state index is 12.8. The molecule has 0 atom stereocenters. The van der Waals surface area contributed by atoms with Crippen LogP contribution in [0.25, 0.3) is 11.8 Å². The topological polar surface area (TPSA) is 32.7 Å². The van der Waals surface area contributed by atoms with Crippen molar-refractivity contribution in [2.24, 2.45) is 5.10 Å². The molecule has 0 unspecified atom stereocenters. The summed E-state index contributed by atoms with van der Waals surface area (Å²) in [5.74, 6) is 0.0146. The SMILES string of the molecule is O=C1CCC(c2ccccc2)=NN1/C(=C/c1ccccc1)c1ccccc1. The van der Waals surface area contributed by atoms with E-state index in [2.05, 4.69) is 0 Å². The van der Waals surface area contributed by atoms with E-state index in [-0.39, 0.29) is 5.91 Å². The fourth-order valence-corrected chi connectivity index (χ4v) is 3.16. The summed E-state index contributed by atoms with van der Waals surface area (Å²) in [7, 11) is 0. The van der Waals surface area contributed by atoms with Gasteiger partial charge in [0.15, 0.2) is 0 Å². The molecule has 1 heterocycles. The Morgan fingerprint density at radius 2 is 1.37 bits per heavy atom. The van der Waals surface area contributed by atoms with Gasteiger partial charge in [-0.25, -0.2) is 0 Å². The number of nitrogens with zero attached hydrogens (tertiary/aromatic N) is 2. The Labute approximate surface area is 159 Å². The third kappa shape index (κ3) is 3.87. The van der Waals surface area contributed by atoms with Crippen molar-refractivity contribution in [3.63, 3.8) is 0 Å². The quantitative estimate of drug-likeness (QED) is 0.593. The highest BCUT2D eigenvalue weighted by molar-refractivity contribution is 6.06. The summed E-state index contributed by atoms with van der Waals surface area (Å²) in [4.78, 5) is 12.8. The lowest BCUT2D eigenvalue weighted by Gasteiger charge is -2.26. The highest BCUT2D eigenvalue weighted by atomic mass is 16.2. The average molecular weight is 352 g/mol. The molecule has 27 heavy (non-hydrogen) atoms. The van der Waals surface area contributed by atoms with Gasteiger partial charge in [0, 0.05) is 18.4 Å². The van der Waals surface area contributed by atoms with Gasteiger partial charge in [-0.3, -0.25) is 4.79 Å². The zero-order chi connectivity index (χ0) is 18.5. The summed E-state index contributed by atoms with van der Waals surface area (Å²) in [5.41, 5.74) is 4.78. The predicted octanol–water partition coefficient (Wildman–Crippen LogP) is 5.21. The first-order valence-corrected chi connectivity index (χ1v) is 9.09. The van der Waals surface area contributed by atoms with Crippen LogP contribution in [0, 0.1) is 0 Å². The summed E-state index contributed by atoms with van der Waals surface area (Å²) in [6.07, 6.45) is 3.13. The van der Waals surface area contributed by atoms with Crippen LogP contribution < -0.4 is 0 Å². The lowest BCUT2D eigenvalue weighted by Crippen LogP contribution is -2.30. The van der Waals surface area contributed by atoms with Crippen molar-refractivity contribution < 1.29 is 4.79 Å². The second-order valence-electron chi connectivity index (χ2n) is 6.42. The maximum Gasteiger partial charge on any atom is 0.247 e. The molecular weight excluding hydrogens is 332 g/mol. The van der Waals surface area contributed by atoms with Crippen LogP contribution in [0.4, 0.5) is 0 Å². The number of hydrazone groups is 1. The van der Waals surface area contributed by atoms with Crippen LogP contribution in [0.3, 0.4) is 0 Å². The third-order valence-corrected chi connectivity index (χ3v) is 4.54. The summed E-state index contributed by atoms with van der Waals surface area (Å²) in [6, 6.07) is 30.0. The molecule has 0 aliphatic carbocycles. The molecule has 0 aromatic heterocycles. The summed E-state index contributed by atoms with van der Waals surface area (Å²) in [5, 5.41) is 6.30. The molecule has 0 spiro atoms. The Bertz CT molecular complexity index is 977. The molecule has 0 saturated carbocycles. The summed E-state index contributed by atoms with van der Waals surface area (Å²) >= 11 is 0. The number of rotatable bonds is 4. The number of amides is 1. The minimum absolute atomic E-state index is 0.0146. The van der Waals surface area contributed by atoms with Gasteiger partial charge in [0.25, 0.3) is 0 Å². The fraction of sp³-hybridized carbons (Fsp3) is 0.0833. The number of benzene rings is 3.